The van der Waals surface area contributed by atoms with E-state index in [1.165, 1.54) is 0 Å². The Morgan fingerprint density at radius 1 is 1.45 bits per heavy atom. The van der Waals surface area contributed by atoms with E-state index in [9.17, 15) is 8.42 Å². The third-order valence-electron chi connectivity index (χ3n) is 3.71. The maximum atomic E-state index is 12.0. The van der Waals surface area contributed by atoms with Crippen LogP contribution in [0.5, 0.6) is 0 Å². The Kier molecular flexibility index (Phi) is 5.56. The van der Waals surface area contributed by atoms with Crippen molar-refractivity contribution in [1.29, 1.82) is 0 Å². The predicted octanol–water partition coefficient (Wildman–Crippen LogP) is 0.712. The minimum absolute atomic E-state index is 0.109. The van der Waals surface area contributed by atoms with Gasteiger partial charge in [0, 0.05) is 18.3 Å². The van der Waals surface area contributed by atoms with Crippen molar-refractivity contribution in [3.8, 4) is 0 Å². The van der Waals surface area contributed by atoms with Crippen molar-refractivity contribution in [2.45, 2.75) is 45.1 Å². The smallest absolute Gasteiger partial charge is 0.213 e. The third kappa shape index (κ3) is 4.88. The molecule has 2 rings (SSSR count). The lowest BCUT2D eigenvalue weighted by Gasteiger charge is -2.23. The fraction of sp³-hybridized carbons (Fsp3) is 0.769. The first-order valence-corrected chi connectivity index (χ1v) is 8.91. The van der Waals surface area contributed by atoms with Crippen molar-refractivity contribution >= 4 is 10.0 Å². The summed E-state index contributed by atoms with van der Waals surface area (Å²) in [5.74, 6) is 0.192. The lowest BCUT2D eigenvalue weighted by molar-refractivity contribution is 0.422. The summed E-state index contributed by atoms with van der Waals surface area (Å²) in [6.45, 7) is 3.39. The maximum absolute atomic E-state index is 12.0. The highest BCUT2D eigenvalue weighted by atomic mass is 32.2. The highest BCUT2D eigenvalue weighted by Gasteiger charge is 2.20. The Labute approximate surface area is 120 Å². The molecule has 0 amide bonds. The van der Waals surface area contributed by atoms with Gasteiger partial charge in [-0.25, -0.2) is 13.1 Å². The summed E-state index contributed by atoms with van der Waals surface area (Å²) in [5.41, 5.74) is 2.21. The fourth-order valence-corrected chi connectivity index (χ4v) is 3.91. The molecule has 0 aromatic carbocycles. The lowest BCUT2D eigenvalue weighted by atomic mass is 10.1. The van der Waals surface area contributed by atoms with E-state index in [1.54, 1.807) is 6.20 Å². The summed E-state index contributed by atoms with van der Waals surface area (Å²) in [7, 11) is -3.17. The molecule has 20 heavy (non-hydrogen) atoms. The number of aromatic amines is 1. The van der Waals surface area contributed by atoms with Crippen molar-refractivity contribution in [2.24, 2.45) is 0 Å². The van der Waals surface area contributed by atoms with Crippen LogP contribution in [0, 0.1) is 6.92 Å². The van der Waals surface area contributed by atoms with Crippen LogP contribution in [0.15, 0.2) is 6.20 Å². The van der Waals surface area contributed by atoms with Gasteiger partial charge in [0.15, 0.2) is 0 Å². The number of piperidine rings is 1. The molecule has 1 saturated heterocycles. The van der Waals surface area contributed by atoms with Gasteiger partial charge in [-0.05, 0) is 44.7 Å². The van der Waals surface area contributed by atoms with Gasteiger partial charge in [0.05, 0.1) is 11.9 Å². The predicted molar refractivity (Wildman–Crippen MR) is 79.1 cm³/mol. The minimum atomic E-state index is -3.17. The topological polar surface area (TPSA) is 86.9 Å². The third-order valence-corrected chi connectivity index (χ3v) is 5.20. The van der Waals surface area contributed by atoms with Crippen LogP contribution < -0.4 is 10.0 Å². The first-order valence-electron chi connectivity index (χ1n) is 7.26. The zero-order chi connectivity index (χ0) is 14.4. The number of aryl methyl sites for hydroxylation is 2. The molecule has 7 heteroatoms. The standard InChI is InChI=1S/C13H24N4O2S/c1-11-12(9-15-17-11)5-4-8-16-20(18,19)10-13-6-2-3-7-14-13/h9,13-14,16H,2-8,10H2,1H3,(H,15,17). The van der Waals surface area contributed by atoms with Crippen LogP contribution in [0.4, 0.5) is 0 Å². The quantitative estimate of drug-likeness (QED) is 0.647. The Morgan fingerprint density at radius 2 is 2.30 bits per heavy atom. The maximum Gasteiger partial charge on any atom is 0.213 e. The number of nitrogens with zero attached hydrogens (tertiary/aromatic N) is 1. The van der Waals surface area contributed by atoms with Crippen molar-refractivity contribution in [3.63, 3.8) is 0 Å². The van der Waals surface area contributed by atoms with Crippen LogP contribution >= 0.6 is 0 Å². The van der Waals surface area contributed by atoms with Gasteiger partial charge in [-0.15, -0.1) is 0 Å². The van der Waals surface area contributed by atoms with Crippen LogP contribution in [0.2, 0.25) is 0 Å². The zero-order valence-corrected chi connectivity index (χ0v) is 12.8. The van der Waals surface area contributed by atoms with Gasteiger partial charge in [0.25, 0.3) is 0 Å². The summed E-state index contributed by atoms with van der Waals surface area (Å²) in [6.07, 6.45) is 6.65. The molecule has 0 aliphatic carbocycles. The van der Waals surface area contributed by atoms with Crippen LogP contribution in [0.1, 0.15) is 36.9 Å². The van der Waals surface area contributed by atoms with Gasteiger partial charge in [-0.2, -0.15) is 5.10 Å². The molecule has 1 atom stereocenters. The second kappa shape index (κ2) is 7.19. The largest absolute Gasteiger partial charge is 0.313 e. The Balaban J connectivity index is 1.68. The number of H-pyrrole nitrogens is 1. The van der Waals surface area contributed by atoms with E-state index < -0.39 is 10.0 Å². The molecule has 1 fully saturated rings. The van der Waals surface area contributed by atoms with Crippen molar-refractivity contribution in [3.05, 3.63) is 17.5 Å². The van der Waals surface area contributed by atoms with E-state index in [-0.39, 0.29) is 11.8 Å². The monoisotopic (exact) mass is 300 g/mol. The van der Waals surface area contributed by atoms with E-state index in [1.807, 2.05) is 6.92 Å². The van der Waals surface area contributed by atoms with Crippen molar-refractivity contribution in [2.75, 3.05) is 18.8 Å². The Bertz CT molecular complexity index is 506. The molecule has 114 valence electrons. The van der Waals surface area contributed by atoms with E-state index in [2.05, 4.69) is 20.2 Å². The molecule has 0 spiro atoms. The van der Waals surface area contributed by atoms with Crippen LogP contribution in [-0.2, 0) is 16.4 Å². The normalized spacial score (nSPS) is 20.1. The first-order chi connectivity index (χ1) is 9.57. The second-order valence-corrected chi connectivity index (χ2v) is 7.30. The average Bonchev–Trinajstić information content (AvgIpc) is 2.81. The second-order valence-electron chi connectivity index (χ2n) is 5.45. The molecule has 0 bridgehead atoms. The minimum Gasteiger partial charge on any atom is -0.313 e. The zero-order valence-electron chi connectivity index (χ0n) is 12.0. The molecule has 3 N–H and O–H groups in total. The SMILES string of the molecule is Cc1[nH]ncc1CCCNS(=O)(=O)CC1CCCCN1. The Morgan fingerprint density at radius 3 is 2.95 bits per heavy atom. The van der Waals surface area contributed by atoms with Gasteiger partial charge in [-0.3, -0.25) is 5.10 Å². The first kappa shape index (κ1) is 15.5. The van der Waals surface area contributed by atoms with Crippen molar-refractivity contribution in [1.82, 2.24) is 20.2 Å². The summed E-state index contributed by atoms with van der Waals surface area (Å²) >= 11 is 0. The number of nitrogens with one attached hydrogen (secondary N) is 3. The highest BCUT2D eigenvalue weighted by Crippen LogP contribution is 2.09. The molecule has 1 unspecified atom stereocenters. The molecule has 1 aliphatic rings. The van der Waals surface area contributed by atoms with Crippen LogP contribution in [0.3, 0.4) is 0 Å². The summed E-state index contributed by atoms with van der Waals surface area (Å²) in [6, 6.07) is 0.109. The number of rotatable bonds is 7. The molecule has 6 nitrogen and oxygen atoms in total. The molecule has 1 aliphatic heterocycles. The number of sulfonamides is 1. The summed E-state index contributed by atoms with van der Waals surface area (Å²) < 4.78 is 26.6. The molecule has 0 radical (unpaired) electrons. The molecular formula is C13H24N4O2S. The molecule has 2 heterocycles. The molecular weight excluding hydrogens is 276 g/mol. The molecule has 0 saturated carbocycles. The van der Waals surface area contributed by atoms with Gasteiger partial charge < -0.3 is 5.32 Å². The summed E-state index contributed by atoms with van der Waals surface area (Å²) in [4.78, 5) is 0. The van der Waals surface area contributed by atoms with Gasteiger partial charge in [0.1, 0.15) is 0 Å². The van der Waals surface area contributed by atoms with E-state index >= 15 is 0 Å². The van der Waals surface area contributed by atoms with E-state index in [0.717, 1.165) is 49.9 Å². The van der Waals surface area contributed by atoms with Crippen LogP contribution in [-0.4, -0.2) is 43.5 Å². The van der Waals surface area contributed by atoms with Crippen molar-refractivity contribution < 1.29 is 8.42 Å². The Hall–Kier alpha value is -0.920. The van der Waals surface area contributed by atoms with Gasteiger partial charge >= 0.3 is 0 Å². The van der Waals surface area contributed by atoms with Gasteiger partial charge in [0.2, 0.25) is 10.0 Å². The average molecular weight is 300 g/mol. The highest BCUT2D eigenvalue weighted by molar-refractivity contribution is 7.89. The number of hydrogen-bond donors (Lipinski definition) is 3. The number of aromatic nitrogens is 2. The van der Waals surface area contributed by atoms with Crippen LogP contribution in [0.25, 0.3) is 0 Å². The lowest BCUT2D eigenvalue weighted by Crippen LogP contribution is -2.42. The fourth-order valence-electron chi connectivity index (χ4n) is 2.52. The van der Waals surface area contributed by atoms with E-state index in [0.29, 0.717) is 6.54 Å². The van der Waals surface area contributed by atoms with Gasteiger partial charge in [-0.1, -0.05) is 6.42 Å². The molecule has 1 aromatic rings. The molecule has 1 aromatic heterocycles. The summed E-state index contributed by atoms with van der Waals surface area (Å²) in [5, 5.41) is 10.1. The number of hydrogen-bond acceptors (Lipinski definition) is 4. The van der Waals surface area contributed by atoms with E-state index in [4.69, 9.17) is 0 Å².